The lowest BCUT2D eigenvalue weighted by atomic mass is 9.85. The van der Waals surface area contributed by atoms with E-state index in [-0.39, 0.29) is 24.4 Å². The maximum absolute atomic E-state index is 12.4. The molecule has 2 aliphatic rings. The van der Waals surface area contributed by atoms with Crippen LogP contribution in [0.15, 0.2) is 12.7 Å². The molecular formula is C15H23N3O3S. The van der Waals surface area contributed by atoms with E-state index < -0.39 is 12.0 Å². The second-order valence-corrected chi connectivity index (χ2v) is 6.03. The van der Waals surface area contributed by atoms with Gasteiger partial charge in [-0.25, -0.2) is 0 Å². The highest BCUT2D eigenvalue weighted by Gasteiger charge is 2.44. The Hall–Kier alpha value is -1.63. The molecule has 2 rings (SSSR count). The van der Waals surface area contributed by atoms with Gasteiger partial charge in [0, 0.05) is 12.6 Å². The second-order valence-electron chi connectivity index (χ2n) is 5.64. The topological polar surface area (TPSA) is 70.7 Å². The molecule has 1 heterocycles. The number of amides is 1. The second kappa shape index (κ2) is 7.58. The normalized spacial score (nSPS) is 27.4. The number of methoxy groups -OCH3 is 1. The summed E-state index contributed by atoms with van der Waals surface area (Å²) in [6, 6.07) is -0.388. The van der Waals surface area contributed by atoms with Gasteiger partial charge < -0.3 is 20.3 Å². The van der Waals surface area contributed by atoms with Gasteiger partial charge in [0.1, 0.15) is 6.04 Å². The molecular weight excluding hydrogens is 302 g/mol. The fourth-order valence-corrected chi connectivity index (χ4v) is 3.57. The zero-order valence-corrected chi connectivity index (χ0v) is 13.7. The van der Waals surface area contributed by atoms with Crippen LogP contribution in [0.3, 0.4) is 0 Å². The molecule has 0 radical (unpaired) electrons. The number of rotatable bonds is 4. The summed E-state index contributed by atoms with van der Waals surface area (Å²) >= 11 is 5.46. The third kappa shape index (κ3) is 3.58. The van der Waals surface area contributed by atoms with Crippen LogP contribution in [0.2, 0.25) is 0 Å². The predicted octanol–water partition coefficient (Wildman–Crippen LogP) is 0.722. The van der Waals surface area contributed by atoms with Gasteiger partial charge in [-0.15, -0.1) is 6.58 Å². The molecule has 122 valence electrons. The van der Waals surface area contributed by atoms with E-state index in [1.807, 2.05) is 4.90 Å². The lowest BCUT2D eigenvalue weighted by Crippen LogP contribution is -2.69. The molecule has 0 bridgehead atoms. The molecule has 0 unspecified atom stereocenters. The minimum Gasteiger partial charge on any atom is -0.469 e. The number of carbonyl (C=O) groups excluding carboxylic acids is 2. The molecule has 7 heteroatoms. The quantitative estimate of drug-likeness (QED) is 0.451. The van der Waals surface area contributed by atoms with Crippen LogP contribution in [-0.4, -0.2) is 53.7 Å². The Morgan fingerprint density at radius 3 is 2.95 bits per heavy atom. The Balaban J connectivity index is 2.22. The number of ether oxygens (including phenoxy) is 1. The van der Waals surface area contributed by atoms with Gasteiger partial charge in [-0.05, 0) is 25.1 Å². The van der Waals surface area contributed by atoms with Crippen molar-refractivity contribution in [3.8, 4) is 0 Å². The summed E-state index contributed by atoms with van der Waals surface area (Å²) in [5.74, 6) is -0.567. The van der Waals surface area contributed by atoms with Crippen molar-refractivity contribution < 1.29 is 14.3 Å². The highest BCUT2D eigenvalue weighted by atomic mass is 32.1. The fourth-order valence-electron chi connectivity index (χ4n) is 3.22. The smallest absolute Gasteiger partial charge is 0.308 e. The number of piperazine rings is 1. The van der Waals surface area contributed by atoms with Crippen molar-refractivity contribution in [2.75, 3.05) is 13.7 Å². The van der Waals surface area contributed by atoms with Gasteiger partial charge in [0.25, 0.3) is 0 Å². The maximum Gasteiger partial charge on any atom is 0.308 e. The van der Waals surface area contributed by atoms with Gasteiger partial charge in [0.2, 0.25) is 5.91 Å². The van der Waals surface area contributed by atoms with E-state index in [1.54, 1.807) is 6.08 Å². The SMILES string of the molecule is C=CCNC(=S)N1[C@H](CC(=O)OC)C(=O)N[C@@H]2CCCC[C@@H]21. The summed E-state index contributed by atoms with van der Waals surface area (Å²) in [5.41, 5.74) is 0. The van der Waals surface area contributed by atoms with Crippen LogP contribution < -0.4 is 10.6 Å². The molecule has 0 aromatic carbocycles. The third-order valence-electron chi connectivity index (χ3n) is 4.27. The fraction of sp³-hybridized carbons (Fsp3) is 0.667. The number of esters is 1. The molecule has 1 aliphatic heterocycles. The highest BCUT2D eigenvalue weighted by Crippen LogP contribution is 2.29. The van der Waals surface area contributed by atoms with Gasteiger partial charge >= 0.3 is 5.97 Å². The number of nitrogens with one attached hydrogen (secondary N) is 2. The number of hydrogen-bond acceptors (Lipinski definition) is 4. The first-order chi connectivity index (χ1) is 10.6. The van der Waals surface area contributed by atoms with E-state index >= 15 is 0 Å². The molecule has 2 fully saturated rings. The molecule has 0 spiro atoms. The van der Waals surface area contributed by atoms with Gasteiger partial charge in [-0.3, -0.25) is 9.59 Å². The molecule has 1 saturated heterocycles. The number of fused-ring (bicyclic) bond motifs is 1. The van der Waals surface area contributed by atoms with E-state index in [2.05, 4.69) is 17.2 Å². The number of thiocarbonyl (C=S) groups is 1. The largest absolute Gasteiger partial charge is 0.469 e. The minimum absolute atomic E-state index is 0.00145. The van der Waals surface area contributed by atoms with E-state index in [0.717, 1.165) is 25.7 Å². The standard InChI is InChI=1S/C15H23N3O3S/c1-3-8-16-15(22)18-11-7-5-4-6-10(11)17-14(20)12(18)9-13(19)21-2/h3,10-12H,1,4-9H2,2H3,(H,16,22)(H,17,20)/t10-,11+,12-/m1/s1. The first-order valence-corrected chi connectivity index (χ1v) is 8.03. The van der Waals surface area contributed by atoms with Crippen molar-refractivity contribution in [3.05, 3.63) is 12.7 Å². The number of carbonyl (C=O) groups is 2. The molecule has 3 atom stereocenters. The van der Waals surface area contributed by atoms with Gasteiger partial charge in [-0.1, -0.05) is 18.9 Å². The molecule has 1 aliphatic carbocycles. The Morgan fingerprint density at radius 2 is 2.27 bits per heavy atom. The molecule has 0 aromatic heterocycles. The van der Waals surface area contributed by atoms with Crippen LogP contribution in [0, 0.1) is 0 Å². The Kier molecular flexibility index (Phi) is 5.76. The summed E-state index contributed by atoms with van der Waals surface area (Å²) < 4.78 is 4.72. The number of nitrogens with zero attached hydrogens (tertiary/aromatic N) is 1. The number of hydrogen-bond donors (Lipinski definition) is 2. The average Bonchev–Trinajstić information content (AvgIpc) is 2.53. The van der Waals surface area contributed by atoms with Crippen LogP contribution in [0.1, 0.15) is 32.1 Å². The molecule has 1 amide bonds. The Labute approximate surface area is 136 Å². The summed E-state index contributed by atoms with van der Waals surface area (Å²) in [7, 11) is 1.32. The molecule has 22 heavy (non-hydrogen) atoms. The monoisotopic (exact) mass is 325 g/mol. The maximum atomic E-state index is 12.4. The minimum atomic E-state index is -0.614. The Bertz CT molecular complexity index is 469. The van der Waals surface area contributed by atoms with Crippen molar-refractivity contribution in [1.82, 2.24) is 15.5 Å². The summed E-state index contributed by atoms with van der Waals surface area (Å²) in [6.07, 6.45) is 5.82. The predicted molar refractivity (Wildman–Crippen MR) is 87.2 cm³/mol. The van der Waals surface area contributed by atoms with Gasteiger partial charge in [-0.2, -0.15) is 0 Å². The molecule has 2 N–H and O–H groups in total. The van der Waals surface area contributed by atoms with E-state index in [4.69, 9.17) is 17.0 Å². The zero-order chi connectivity index (χ0) is 16.1. The zero-order valence-electron chi connectivity index (χ0n) is 12.8. The third-order valence-corrected chi connectivity index (χ3v) is 4.63. The lowest BCUT2D eigenvalue weighted by molar-refractivity contribution is -0.146. The van der Waals surface area contributed by atoms with Crippen LogP contribution in [0.4, 0.5) is 0 Å². The first kappa shape index (κ1) is 16.7. The highest BCUT2D eigenvalue weighted by molar-refractivity contribution is 7.80. The van der Waals surface area contributed by atoms with Crippen molar-refractivity contribution in [1.29, 1.82) is 0 Å². The van der Waals surface area contributed by atoms with E-state index in [9.17, 15) is 9.59 Å². The average molecular weight is 325 g/mol. The van der Waals surface area contributed by atoms with Crippen LogP contribution in [0.25, 0.3) is 0 Å². The van der Waals surface area contributed by atoms with Gasteiger partial charge in [0.05, 0.1) is 19.6 Å². The lowest BCUT2D eigenvalue weighted by Gasteiger charge is -2.49. The van der Waals surface area contributed by atoms with Gasteiger partial charge in [0.15, 0.2) is 5.11 Å². The summed E-state index contributed by atoms with van der Waals surface area (Å²) in [5, 5.41) is 6.63. The first-order valence-electron chi connectivity index (χ1n) is 7.62. The summed E-state index contributed by atoms with van der Waals surface area (Å²) in [4.78, 5) is 26.0. The summed E-state index contributed by atoms with van der Waals surface area (Å²) in [6.45, 7) is 4.19. The van der Waals surface area contributed by atoms with Crippen molar-refractivity contribution in [2.24, 2.45) is 0 Å². The molecule has 1 saturated carbocycles. The van der Waals surface area contributed by atoms with E-state index in [1.165, 1.54) is 7.11 Å². The van der Waals surface area contributed by atoms with Crippen molar-refractivity contribution in [3.63, 3.8) is 0 Å². The van der Waals surface area contributed by atoms with Crippen molar-refractivity contribution in [2.45, 2.75) is 50.2 Å². The Morgan fingerprint density at radius 1 is 1.55 bits per heavy atom. The van der Waals surface area contributed by atoms with Crippen LogP contribution >= 0.6 is 12.2 Å². The molecule has 6 nitrogen and oxygen atoms in total. The van der Waals surface area contributed by atoms with Crippen LogP contribution in [0.5, 0.6) is 0 Å². The molecule has 0 aromatic rings. The van der Waals surface area contributed by atoms with E-state index in [0.29, 0.717) is 11.7 Å². The van der Waals surface area contributed by atoms with Crippen molar-refractivity contribution >= 4 is 29.2 Å². The van der Waals surface area contributed by atoms with Crippen LogP contribution in [-0.2, 0) is 14.3 Å².